The minimum Gasteiger partial charge on any atom is -0.611 e. The van der Waals surface area contributed by atoms with Gasteiger partial charge in [-0.1, -0.05) is 19.8 Å². The second-order valence-corrected chi connectivity index (χ2v) is 10.3. The van der Waals surface area contributed by atoms with Gasteiger partial charge in [0.2, 0.25) is 0 Å². The summed E-state index contributed by atoms with van der Waals surface area (Å²) in [5.74, 6) is 0. The Hall–Kier alpha value is -0.560. The molecule has 0 N–H and O–H groups in total. The van der Waals surface area contributed by atoms with Crippen molar-refractivity contribution in [2.75, 3.05) is 6.26 Å². The van der Waals surface area contributed by atoms with Gasteiger partial charge in [-0.25, -0.2) is 8.42 Å². The van der Waals surface area contributed by atoms with Crippen molar-refractivity contribution in [2.45, 2.75) is 66.9 Å². The monoisotopic (exact) mass is 390 g/mol. The molecule has 0 saturated heterocycles. The minimum atomic E-state index is -3.61. The molecule has 1 aliphatic carbocycles. The maximum absolute atomic E-state index is 13.1. The SMILES string of the molecule is CCc1cc([S+]([O-])C2CCCCCC2)c(S(C)(=O)=O)cc1C(=O)Cl. The van der Waals surface area contributed by atoms with E-state index in [-0.39, 0.29) is 15.7 Å². The summed E-state index contributed by atoms with van der Waals surface area (Å²) in [6.45, 7) is 1.86. The predicted octanol–water partition coefficient (Wildman–Crippen LogP) is 3.86. The number of rotatable bonds is 5. The fraction of sp³-hybridized carbons (Fsp3) is 0.588. The molecule has 0 radical (unpaired) electrons. The van der Waals surface area contributed by atoms with Gasteiger partial charge in [0.1, 0.15) is 10.1 Å². The zero-order valence-electron chi connectivity index (χ0n) is 14.0. The quantitative estimate of drug-likeness (QED) is 0.434. The first-order valence-corrected chi connectivity index (χ1v) is 11.7. The molecule has 4 nitrogen and oxygen atoms in total. The smallest absolute Gasteiger partial charge is 0.252 e. The van der Waals surface area contributed by atoms with Crippen molar-refractivity contribution in [3.63, 3.8) is 0 Å². The molecule has 0 aliphatic heterocycles. The molecule has 134 valence electrons. The predicted molar refractivity (Wildman–Crippen MR) is 97.0 cm³/mol. The van der Waals surface area contributed by atoms with Crippen molar-refractivity contribution in [1.82, 2.24) is 0 Å². The van der Waals surface area contributed by atoms with Gasteiger partial charge >= 0.3 is 0 Å². The second-order valence-electron chi connectivity index (χ2n) is 6.27. The molecule has 1 aromatic carbocycles. The van der Waals surface area contributed by atoms with Gasteiger partial charge in [-0.05, 0) is 72.6 Å². The van der Waals surface area contributed by atoms with Crippen LogP contribution in [0.3, 0.4) is 0 Å². The molecule has 1 aliphatic rings. The fourth-order valence-corrected chi connectivity index (χ4v) is 6.43. The van der Waals surface area contributed by atoms with E-state index in [2.05, 4.69) is 0 Å². The Labute approximate surface area is 152 Å². The zero-order chi connectivity index (χ0) is 17.9. The number of halogens is 1. The van der Waals surface area contributed by atoms with E-state index >= 15 is 0 Å². The van der Waals surface area contributed by atoms with Crippen LogP contribution in [0, 0.1) is 0 Å². The van der Waals surface area contributed by atoms with Gasteiger partial charge in [0.25, 0.3) is 5.24 Å². The molecular formula is C17H23ClO4S2. The van der Waals surface area contributed by atoms with Crippen molar-refractivity contribution in [2.24, 2.45) is 0 Å². The summed E-state index contributed by atoms with van der Waals surface area (Å²) in [5, 5.41) is -0.723. The molecule has 1 fully saturated rings. The molecule has 2 rings (SSSR count). The zero-order valence-corrected chi connectivity index (χ0v) is 16.4. The van der Waals surface area contributed by atoms with Gasteiger partial charge in [-0.15, -0.1) is 0 Å². The number of aryl methyl sites for hydroxylation is 1. The summed E-state index contributed by atoms with van der Waals surface area (Å²) in [5.41, 5.74) is 0.820. The van der Waals surface area contributed by atoms with Crippen molar-refractivity contribution in [1.29, 1.82) is 0 Å². The third-order valence-corrected chi connectivity index (χ3v) is 7.80. The Morgan fingerprint density at radius 1 is 1.25 bits per heavy atom. The van der Waals surface area contributed by atoms with Gasteiger partial charge < -0.3 is 4.55 Å². The lowest BCUT2D eigenvalue weighted by Crippen LogP contribution is -2.23. The van der Waals surface area contributed by atoms with Crippen molar-refractivity contribution in [3.8, 4) is 0 Å². The van der Waals surface area contributed by atoms with Crippen molar-refractivity contribution in [3.05, 3.63) is 23.3 Å². The van der Waals surface area contributed by atoms with Crippen LogP contribution in [0.2, 0.25) is 0 Å². The van der Waals surface area contributed by atoms with Crippen LogP contribution in [-0.4, -0.2) is 29.7 Å². The van der Waals surface area contributed by atoms with E-state index in [0.29, 0.717) is 16.9 Å². The van der Waals surface area contributed by atoms with E-state index in [9.17, 15) is 17.8 Å². The molecule has 0 aromatic heterocycles. The van der Waals surface area contributed by atoms with Gasteiger partial charge in [0.15, 0.2) is 14.7 Å². The van der Waals surface area contributed by atoms with E-state index in [1.165, 1.54) is 6.07 Å². The first-order valence-electron chi connectivity index (χ1n) is 8.23. The molecule has 24 heavy (non-hydrogen) atoms. The van der Waals surface area contributed by atoms with E-state index in [4.69, 9.17) is 11.6 Å². The first kappa shape index (κ1) is 19.8. The van der Waals surface area contributed by atoms with E-state index < -0.39 is 26.3 Å². The highest BCUT2D eigenvalue weighted by atomic mass is 35.5. The van der Waals surface area contributed by atoms with Crippen LogP contribution >= 0.6 is 11.6 Å². The lowest BCUT2D eigenvalue weighted by molar-refractivity contribution is 0.108. The van der Waals surface area contributed by atoms with E-state index in [1.54, 1.807) is 6.07 Å². The first-order chi connectivity index (χ1) is 11.3. The third kappa shape index (κ3) is 4.54. The average Bonchev–Trinajstić information content (AvgIpc) is 2.81. The number of benzene rings is 1. The Morgan fingerprint density at radius 2 is 1.83 bits per heavy atom. The minimum absolute atomic E-state index is 0.0322. The van der Waals surface area contributed by atoms with E-state index in [1.807, 2.05) is 6.92 Å². The number of carbonyl (C=O) groups excluding carboxylic acids is 1. The molecule has 0 amide bonds. The third-order valence-electron chi connectivity index (χ3n) is 4.48. The summed E-state index contributed by atoms with van der Waals surface area (Å²) >= 11 is 4.20. The fourth-order valence-electron chi connectivity index (χ4n) is 3.16. The summed E-state index contributed by atoms with van der Waals surface area (Å²) in [7, 11) is -3.61. The molecule has 0 bridgehead atoms. The second kappa shape index (κ2) is 8.21. The molecule has 1 saturated carbocycles. The topological polar surface area (TPSA) is 74.3 Å². The summed E-state index contributed by atoms with van der Waals surface area (Å²) in [6, 6.07) is 2.90. The van der Waals surface area contributed by atoms with E-state index in [0.717, 1.165) is 44.8 Å². The summed E-state index contributed by atoms with van der Waals surface area (Å²) in [4.78, 5) is 11.9. The molecule has 1 unspecified atom stereocenters. The maximum atomic E-state index is 13.1. The lowest BCUT2D eigenvalue weighted by atomic mass is 10.1. The molecule has 7 heteroatoms. The number of hydrogen-bond acceptors (Lipinski definition) is 4. The lowest BCUT2D eigenvalue weighted by Gasteiger charge is -2.22. The van der Waals surface area contributed by atoms with Gasteiger partial charge in [-0.3, -0.25) is 4.79 Å². The summed E-state index contributed by atoms with van der Waals surface area (Å²) in [6.07, 6.45) is 7.57. The largest absolute Gasteiger partial charge is 0.611 e. The number of sulfone groups is 1. The number of carbonyl (C=O) groups is 1. The average molecular weight is 391 g/mol. The molecule has 0 spiro atoms. The highest BCUT2D eigenvalue weighted by molar-refractivity contribution is 7.94. The van der Waals surface area contributed by atoms with Crippen LogP contribution in [0.4, 0.5) is 0 Å². The van der Waals surface area contributed by atoms with Crippen LogP contribution in [0.5, 0.6) is 0 Å². The van der Waals surface area contributed by atoms with Crippen LogP contribution < -0.4 is 0 Å². The normalized spacial score (nSPS) is 18.2. The van der Waals surface area contributed by atoms with Gasteiger partial charge in [0.05, 0.1) is 0 Å². The Bertz CT molecular complexity index is 708. The standard InChI is InChI=1S/C17H23ClO4S2/c1-3-12-10-15(23(20)13-8-6-4-5-7-9-13)16(24(2,21)22)11-14(12)17(18)19/h10-11,13H,3-9H2,1-2H3. The van der Waals surface area contributed by atoms with Gasteiger partial charge in [0, 0.05) is 11.8 Å². The van der Waals surface area contributed by atoms with Crippen molar-refractivity contribution < 1.29 is 17.8 Å². The molecular weight excluding hydrogens is 368 g/mol. The van der Waals surface area contributed by atoms with Crippen LogP contribution in [0.1, 0.15) is 61.4 Å². The molecule has 1 atom stereocenters. The Morgan fingerprint density at radius 3 is 2.29 bits per heavy atom. The Balaban J connectivity index is 2.55. The number of hydrogen-bond donors (Lipinski definition) is 0. The highest BCUT2D eigenvalue weighted by Crippen LogP contribution is 2.33. The maximum Gasteiger partial charge on any atom is 0.252 e. The van der Waals surface area contributed by atoms with Crippen LogP contribution in [0.25, 0.3) is 0 Å². The molecule has 1 aromatic rings. The highest BCUT2D eigenvalue weighted by Gasteiger charge is 2.32. The molecule has 0 heterocycles. The van der Waals surface area contributed by atoms with Crippen molar-refractivity contribution >= 4 is 37.9 Å². The Kier molecular flexibility index (Phi) is 6.76. The van der Waals surface area contributed by atoms with Crippen LogP contribution in [0.15, 0.2) is 21.9 Å². The summed E-state index contributed by atoms with van der Waals surface area (Å²) < 4.78 is 37.5. The van der Waals surface area contributed by atoms with Gasteiger partial charge in [-0.2, -0.15) is 0 Å². The van der Waals surface area contributed by atoms with Crippen LogP contribution in [-0.2, 0) is 27.4 Å².